The predicted octanol–water partition coefficient (Wildman–Crippen LogP) is 5.78. The van der Waals surface area contributed by atoms with Gasteiger partial charge in [0.1, 0.15) is 23.5 Å². The van der Waals surface area contributed by atoms with Gasteiger partial charge in [-0.2, -0.15) is 0 Å². The molecule has 15 heteroatoms. The third-order valence-corrected chi connectivity index (χ3v) is 12.0. The number of aromatic hydroxyl groups is 1. The summed E-state index contributed by atoms with van der Waals surface area (Å²) in [5, 5.41) is 13.6. The average Bonchev–Trinajstić information content (AvgIpc) is 3.56. The molecule has 6 bridgehead atoms. The Morgan fingerprint density at radius 3 is 2.58 bits per heavy atom. The number of hydrogen-bond donors (Lipinski definition) is 2. The fourth-order valence-corrected chi connectivity index (χ4v) is 8.98. The molecule has 2 N–H and O–H groups in total. The zero-order valence-corrected chi connectivity index (χ0v) is 36.9. The van der Waals surface area contributed by atoms with Gasteiger partial charge in [-0.3, -0.25) is 24.4 Å². The van der Waals surface area contributed by atoms with Crippen LogP contribution in [0.3, 0.4) is 0 Å². The zero-order valence-electron chi connectivity index (χ0n) is 36.9. The van der Waals surface area contributed by atoms with Crippen LogP contribution in [-0.4, -0.2) is 125 Å². The van der Waals surface area contributed by atoms with Crippen molar-refractivity contribution in [2.75, 3.05) is 53.6 Å². The number of carbonyl (C=O) groups is 4. The van der Waals surface area contributed by atoms with Gasteiger partial charge in [-0.25, -0.2) is 15.2 Å². The van der Waals surface area contributed by atoms with E-state index in [9.17, 15) is 24.3 Å². The van der Waals surface area contributed by atoms with Crippen LogP contribution in [0.25, 0.3) is 33.3 Å². The maximum absolute atomic E-state index is 14.6. The average molecular weight is 850 g/mol. The van der Waals surface area contributed by atoms with Gasteiger partial charge in [0, 0.05) is 81.0 Å². The molecule has 2 aromatic carbocycles. The van der Waals surface area contributed by atoms with Crippen molar-refractivity contribution >= 4 is 40.4 Å². The van der Waals surface area contributed by atoms with Crippen LogP contribution in [0.4, 0.5) is 4.79 Å². The number of carbonyl (C=O) groups excluding carboxylic acids is 4. The first-order valence-electron chi connectivity index (χ1n) is 21.6. The summed E-state index contributed by atoms with van der Waals surface area (Å²) in [5.41, 5.74) is 9.56. The summed E-state index contributed by atoms with van der Waals surface area (Å²) < 4.78 is 19.4. The second kappa shape index (κ2) is 18.8. The summed E-state index contributed by atoms with van der Waals surface area (Å²) >= 11 is 0. The van der Waals surface area contributed by atoms with Crippen LogP contribution in [0.15, 0.2) is 59.9 Å². The number of aromatic nitrogens is 2. The first-order chi connectivity index (χ1) is 29.7. The number of hydrazine groups is 1. The minimum Gasteiger partial charge on any atom is -0.508 e. The summed E-state index contributed by atoms with van der Waals surface area (Å²) in [6.45, 7) is 13.0. The van der Waals surface area contributed by atoms with Gasteiger partial charge in [0.15, 0.2) is 0 Å². The number of phenols is 1. The number of aryl methyl sites for hydroxylation is 1. The number of aliphatic imine (C=N–C) groups is 1. The normalized spacial score (nSPS) is 19.7. The number of amides is 4. The topological polar surface area (TPSA) is 168 Å². The second-order valence-corrected chi connectivity index (χ2v) is 17.6. The van der Waals surface area contributed by atoms with Crippen LogP contribution in [-0.2, 0) is 54.6 Å². The van der Waals surface area contributed by atoms with E-state index in [2.05, 4.69) is 52.9 Å². The zero-order chi connectivity index (χ0) is 44.3. The largest absolute Gasteiger partial charge is 0.508 e. The number of esters is 1. The van der Waals surface area contributed by atoms with Crippen LogP contribution < -0.4 is 5.43 Å². The van der Waals surface area contributed by atoms with Crippen molar-refractivity contribution < 1.29 is 38.5 Å². The number of phenolic OH excluding ortho intramolecular Hbond substituents is 1. The van der Waals surface area contributed by atoms with E-state index in [-0.39, 0.29) is 43.0 Å². The SMILES string of the molecule is CCn1c(-c2cnccc2COC)c2c3cc(ccc31)-c1cc(O)cc(c1)CC(=NC(=O)[C@H](C(C)C)N(C)C(=O)N1CCOCC1)C(=O)N1CCC[C@H](N1)C(=O)OCC(C)(C)C2. The Labute approximate surface area is 363 Å². The molecule has 4 aromatic rings. The number of ether oxygens (including phenoxy) is 3. The number of fused-ring (bicyclic) bond motifs is 6. The van der Waals surface area contributed by atoms with Gasteiger partial charge in [-0.15, -0.1) is 0 Å². The maximum atomic E-state index is 14.6. The number of benzene rings is 2. The molecule has 0 unspecified atom stereocenters. The number of nitrogens with one attached hydrogen (secondary N) is 1. The monoisotopic (exact) mass is 849 g/mol. The van der Waals surface area contributed by atoms with Crippen molar-refractivity contribution in [2.24, 2.45) is 16.3 Å². The summed E-state index contributed by atoms with van der Waals surface area (Å²) in [4.78, 5) is 68.4. The van der Waals surface area contributed by atoms with Gasteiger partial charge in [0.05, 0.1) is 32.1 Å². The van der Waals surface area contributed by atoms with Crippen LogP contribution in [0.2, 0.25) is 0 Å². The quantitative estimate of drug-likeness (QED) is 0.218. The van der Waals surface area contributed by atoms with Gasteiger partial charge in [-0.05, 0) is 90.3 Å². The van der Waals surface area contributed by atoms with Crippen molar-refractivity contribution in [2.45, 2.75) is 85.5 Å². The number of morpholine rings is 1. The molecule has 330 valence electrons. The summed E-state index contributed by atoms with van der Waals surface area (Å²) in [6.07, 6.45) is 5.01. The lowest BCUT2D eigenvalue weighted by Gasteiger charge is -2.35. The number of urea groups is 1. The third-order valence-electron chi connectivity index (χ3n) is 12.0. The summed E-state index contributed by atoms with van der Waals surface area (Å²) in [7, 11) is 3.25. The highest BCUT2D eigenvalue weighted by atomic mass is 16.5. The standard InChI is InChI=1S/C47H59N7O8/c1-8-53-40-12-11-31-24-35(40)36(42(53)37-26-48-14-13-32(37)27-60-7)25-47(4,5)28-62-45(58)38-10-9-15-54(50-38)44(57)39(22-30-20-33(31)23-34(55)21-30)49-43(56)41(29(2)3)51(6)46(59)52-16-18-61-19-17-52/h11-14,20-21,23-24,26,29,38,41,50,55H,8-10,15-19,22,25,27-28H2,1-7H3/t38-,41-/m0/s1. The fourth-order valence-electron chi connectivity index (χ4n) is 8.98. The molecule has 15 nitrogen and oxygen atoms in total. The van der Waals surface area contributed by atoms with Gasteiger partial charge in [0.2, 0.25) is 0 Å². The Morgan fingerprint density at radius 1 is 1.08 bits per heavy atom. The van der Waals surface area contributed by atoms with Crippen molar-refractivity contribution in [3.8, 4) is 28.1 Å². The number of likely N-dealkylation sites (N-methyl/N-ethyl adjacent to an activating group) is 1. The van der Waals surface area contributed by atoms with Crippen molar-refractivity contribution in [1.29, 1.82) is 0 Å². The Hall–Kier alpha value is -5.64. The molecule has 5 heterocycles. The van der Waals surface area contributed by atoms with E-state index in [1.165, 1.54) is 9.91 Å². The molecule has 7 rings (SSSR count). The minimum absolute atomic E-state index is 0.0207. The van der Waals surface area contributed by atoms with E-state index in [0.717, 1.165) is 38.9 Å². The smallest absolute Gasteiger partial charge is 0.324 e. The lowest BCUT2D eigenvalue weighted by atomic mass is 9.84. The van der Waals surface area contributed by atoms with Gasteiger partial charge in [-0.1, -0.05) is 39.8 Å². The lowest BCUT2D eigenvalue weighted by molar-refractivity contribution is -0.153. The van der Waals surface area contributed by atoms with Crippen molar-refractivity contribution in [3.63, 3.8) is 0 Å². The number of rotatable bonds is 7. The van der Waals surface area contributed by atoms with Gasteiger partial charge in [0.25, 0.3) is 11.8 Å². The van der Waals surface area contributed by atoms with E-state index < -0.39 is 35.3 Å². The first kappa shape index (κ1) is 44.4. The Bertz CT molecular complexity index is 2360. The Kier molecular flexibility index (Phi) is 13.4. The fraction of sp³-hybridized carbons (Fsp3) is 0.489. The Morgan fingerprint density at radius 2 is 1.85 bits per heavy atom. The number of cyclic esters (lactones) is 1. The number of nitrogens with zero attached hydrogens (tertiary/aromatic N) is 6. The third kappa shape index (κ3) is 9.39. The molecule has 3 aliphatic heterocycles. The van der Waals surface area contributed by atoms with Gasteiger partial charge < -0.3 is 33.7 Å². The minimum atomic E-state index is -0.975. The van der Waals surface area contributed by atoms with E-state index in [0.29, 0.717) is 69.8 Å². The highest BCUT2D eigenvalue weighted by Gasteiger charge is 2.37. The van der Waals surface area contributed by atoms with Crippen molar-refractivity contribution in [1.82, 2.24) is 29.8 Å². The second-order valence-electron chi connectivity index (χ2n) is 17.6. The molecule has 2 saturated heterocycles. The highest BCUT2D eigenvalue weighted by molar-refractivity contribution is 6.40. The molecular formula is C47H59N7O8. The molecule has 0 radical (unpaired) electrons. The predicted molar refractivity (Wildman–Crippen MR) is 235 cm³/mol. The van der Waals surface area contributed by atoms with Crippen LogP contribution in [0, 0.1) is 11.3 Å². The molecular weight excluding hydrogens is 791 g/mol. The van der Waals surface area contributed by atoms with Gasteiger partial charge >= 0.3 is 12.0 Å². The lowest BCUT2D eigenvalue weighted by Crippen LogP contribution is -2.57. The highest BCUT2D eigenvalue weighted by Crippen LogP contribution is 2.41. The molecule has 2 fully saturated rings. The molecule has 62 heavy (non-hydrogen) atoms. The van der Waals surface area contributed by atoms with Crippen LogP contribution in [0.1, 0.15) is 64.2 Å². The molecule has 0 aliphatic carbocycles. The maximum Gasteiger partial charge on any atom is 0.324 e. The van der Waals surface area contributed by atoms with E-state index in [1.807, 2.05) is 38.2 Å². The number of methoxy groups -OCH3 is 1. The Balaban J connectivity index is 1.36. The van der Waals surface area contributed by atoms with E-state index in [4.69, 9.17) is 14.2 Å². The summed E-state index contributed by atoms with van der Waals surface area (Å²) in [5.74, 6) is -2.09. The molecule has 2 aromatic heterocycles. The summed E-state index contributed by atoms with van der Waals surface area (Å²) in [6, 6.07) is 11.2. The van der Waals surface area contributed by atoms with Crippen molar-refractivity contribution in [3.05, 3.63) is 71.5 Å². The number of hydrogen-bond acceptors (Lipinski definition) is 10. The van der Waals surface area contributed by atoms with E-state index in [1.54, 1.807) is 37.4 Å². The molecule has 2 atom stereocenters. The van der Waals surface area contributed by atoms with E-state index >= 15 is 0 Å². The molecule has 0 saturated carbocycles. The van der Waals surface area contributed by atoms with Crippen LogP contribution >= 0.6 is 0 Å². The molecule has 4 amide bonds. The van der Waals surface area contributed by atoms with Crippen LogP contribution in [0.5, 0.6) is 5.75 Å². The number of pyridine rings is 1. The first-order valence-corrected chi connectivity index (χ1v) is 21.6. The molecule has 0 spiro atoms. The molecule has 3 aliphatic rings.